The lowest BCUT2D eigenvalue weighted by Gasteiger charge is -2.02. The summed E-state index contributed by atoms with van der Waals surface area (Å²) >= 11 is 9.16. The Labute approximate surface area is 181 Å². The Balaban J connectivity index is 1.76. The predicted molar refractivity (Wildman–Crippen MR) is 120 cm³/mol. The minimum absolute atomic E-state index is 0.634. The Bertz CT molecular complexity index is 1200. The number of ether oxygens (including phenoxy) is 1. The van der Waals surface area contributed by atoms with Gasteiger partial charge in [-0.2, -0.15) is 5.10 Å². The van der Waals surface area contributed by atoms with Gasteiger partial charge in [0.1, 0.15) is 17.3 Å². The van der Waals surface area contributed by atoms with Gasteiger partial charge in [-0.1, -0.05) is 11.6 Å². The van der Waals surface area contributed by atoms with E-state index in [0.717, 1.165) is 36.9 Å². The van der Waals surface area contributed by atoms with Crippen LogP contribution >= 0.6 is 34.3 Å². The van der Waals surface area contributed by atoms with Gasteiger partial charge in [-0.25, -0.2) is 9.67 Å². The highest BCUT2D eigenvalue weighted by Crippen LogP contribution is 2.31. The van der Waals surface area contributed by atoms with Gasteiger partial charge in [0, 0.05) is 5.38 Å². The molecular weight excluding hydrogens is 426 g/mol. The van der Waals surface area contributed by atoms with Crippen molar-refractivity contribution in [3.63, 3.8) is 0 Å². The molecule has 148 valence electrons. The van der Waals surface area contributed by atoms with E-state index in [4.69, 9.17) is 25.7 Å². The standard InChI is InChI=1S/C21H18ClN3O2S2/c1-3-26-16-8-5-15(6-9-16)24-21-25(23-12-17-7-4-14(2)27-17)18(13-28-21)19-10-11-20(22)29-19/h4-13H,3H2,1-2H3/b23-12-,24-21?. The van der Waals surface area contributed by atoms with Crippen molar-refractivity contribution in [2.45, 2.75) is 13.8 Å². The van der Waals surface area contributed by atoms with Crippen molar-refractivity contribution in [1.82, 2.24) is 4.68 Å². The van der Waals surface area contributed by atoms with Crippen LogP contribution in [0.25, 0.3) is 10.6 Å². The second-order valence-electron chi connectivity index (χ2n) is 6.05. The largest absolute Gasteiger partial charge is 0.494 e. The van der Waals surface area contributed by atoms with Crippen LogP contribution in [0.3, 0.4) is 0 Å². The van der Waals surface area contributed by atoms with Gasteiger partial charge in [0.05, 0.1) is 33.4 Å². The highest BCUT2D eigenvalue weighted by atomic mass is 35.5. The van der Waals surface area contributed by atoms with Crippen molar-refractivity contribution in [1.29, 1.82) is 0 Å². The lowest BCUT2D eigenvalue weighted by atomic mass is 10.3. The van der Waals surface area contributed by atoms with Gasteiger partial charge in [-0.3, -0.25) is 0 Å². The lowest BCUT2D eigenvalue weighted by Crippen LogP contribution is -2.11. The number of benzene rings is 1. The van der Waals surface area contributed by atoms with Crippen LogP contribution in [0.4, 0.5) is 5.69 Å². The maximum absolute atomic E-state index is 6.14. The number of furan rings is 1. The van der Waals surface area contributed by atoms with Gasteiger partial charge < -0.3 is 9.15 Å². The summed E-state index contributed by atoms with van der Waals surface area (Å²) in [7, 11) is 0. The van der Waals surface area contributed by atoms with E-state index in [0.29, 0.717) is 12.4 Å². The summed E-state index contributed by atoms with van der Waals surface area (Å²) in [5.74, 6) is 2.35. The molecule has 0 amide bonds. The summed E-state index contributed by atoms with van der Waals surface area (Å²) in [6.07, 6.45) is 1.69. The third-order valence-corrected chi connectivity index (χ3v) is 6.01. The van der Waals surface area contributed by atoms with Gasteiger partial charge in [0.25, 0.3) is 0 Å². The maximum atomic E-state index is 6.14. The van der Waals surface area contributed by atoms with Crippen molar-refractivity contribution in [3.8, 4) is 16.3 Å². The van der Waals surface area contributed by atoms with Gasteiger partial charge >= 0.3 is 0 Å². The highest BCUT2D eigenvalue weighted by Gasteiger charge is 2.10. The molecule has 0 aliphatic carbocycles. The zero-order valence-corrected chi connectivity index (χ0v) is 18.2. The summed E-state index contributed by atoms with van der Waals surface area (Å²) in [6, 6.07) is 15.3. The molecule has 0 unspecified atom stereocenters. The van der Waals surface area contributed by atoms with E-state index in [1.807, 2.05) is 67.8 Å². The Kier molecular flexibility index (Phi) is 5.99. The van der Waals surface area contributed by atoms with E-state index in [2.05, 4.69) is 5.10 Å². The number of hydrogen-bond acceptors (Lipinski definition) is 6. The van der Waals surface area contributed by atoms with Crippen LogP contribution in [-0.4, -0.2) is 17.5 Å². The summed E-state index contributed by atoms with van der Waals surface area (Å²) in [5.41, 5.74) is 1.75. The van der Waals surface area contributed by atoms with Crippen molar-refractivity contribution in [2.24, 2.45) is 10.1 Å². The summed E-state index contributed by atoms with van der Waals surface area (Å²) in [5, 5.41) is 6.66. The number of nitrogens with zero attached hydrogens (tertiary/aromatic N) is 3. The number of thiazole rings is 1. The van der Waals surface area contributed by atoms with E-state index in [1.54, 1.807) is 10.9 Å². The molecule has 0 aliphatic rings. The first-order valence-corrected chi connectivity index (χ1v) is 11.0. The molecule has 5 nitrogen and oxygen atoms in total. The first-order valence-electron chi connectivity index (χ1n) is 8.97. The normalized spacial score (nSPS) is 12.2. The number of aromatic nitrogens is 1. The topological polar surface area (TPSA) is 52.0 Å². The van der Waals surface area contributed by atoms with Crippen LogP contribution in [0.2, 0.25) is 4.34 Å². The molecule has 0 N–H and O–H groups in total. The van der Waals surface area contributed by atoms with Crippen LogP contribution in [0.15, 0.2) is 68.4 Å². The van der Waals surface area contributed by atoms with Gasteiger partial charge in [0.2, 0.25) is 4.80 Å². The predicted octanol–water partition coefficient (Wildman–Crippen LogP) is 6.35. The van der Waals surface area contributed by atoms with Crippen molar-refractivity contribution in [3.05, 3.63) is 74.6 Å². The van der Waals surface area contributed by atoms with Crippen LogP contribution in [0.1, 0.15) is 18.4 Å². The van der Waals surface area contributed by atoms with Gasteiger partial charge in [0.15, 0.2) is 0 Å². The Morgan fingerprint density at radius 1 is 1.14 bits per heavy atom. The smallest absolute Gasteiger partial charge is 0.211 e. The average Bonchev–Trinajstić information content (AvgIpc) is 3.42. The summed E-state index contributed by atoms with van der Waals surface area (Å²) in [6.45, 7) is 4.50. The van der Waals surface area contributed by atoms with Crippen molar-refractivity contribution >= 4 is 46.2 Å². The van der Waals surface area contributed by atoms with Crippen molar-refractivity contribution in [2.75, 3.05) is 6.61 Å². The quantitative estimate of drug-likeness (QED) is 0.326. The lowest BCUT2D eigenvalue weighted by molar-refractivity contribution is 0.340. The molecule has 1 aromatic carbocycles. The molecule has 0 spiro atoms. The fourth-order valence-electron chi connectivity index (χ4n) is 2.64. The van der Waals surface area contributed by atoms with Crippen LogP contribution in [0.5, 0.6) is 5.75 Å². The van der Waals surface area contributed by atoms with Crippen LogP contribution in [0, 0.1) is 6.92 Å². The summed E-state index contributed by atoms with van der Waals surface area (Å²) in [4.78, 5) is 6.53. The minimum Gasteiger partial charge on any atom is -0.494 e. The molecule has 0 saturated carbocycles. The van der Waals surface area contributed by atoms with Crippen molar-refractivity contribution < 1.29 is 9.15 Å². The molecule has 0 radical (unpaired) electrons. The number of halogens is 1. The van der Waals surface area contributed by atoms with Crippen LogP contribution in [-0.2, 0) is 0 Å². The molecule has 0 fully saturated rings. The number of rotatable bonds is 6. The minimum atomic E-state index is 0.634. The zero-order valence-electron chi connectivity index (χ0n) is 15.8. The number of thiophene rings is 1. The molecule has 8 heteroatoms. The van der Waals surface area contributed by atoms with E-state index < -0.39 is 0 Å². The molecule has 0 saturated heterocycles. The fourth-order valence-corrected chi connectivity index (χ4v) is 4.61. The molecule has 4 aromatic rings. The molecular formula is C21H18ClN3O2S2. The van der Waals surface area contributed by atoms with E-state index in [-0.39, 0.29) is 0 Å². The summed E-state index contributed by atoms with van der Waals surface area (Å²) < 4.78 is 13.6. The molecule has 0 aliphatic heterocycles. The third-order valence-electron chi connectivity index (χ3n) is 3.95. The second kappa shape index (κ2) is 8.82. The highest BCUT2D eigenvalue weighted by molar-refractivity contribution is 7.19. The molecule has 3 aromatic heterocycles. The van der Waals surface area contributed by atoms with Crippen LogP contribution < -0.4 is 9.54 Å². The molecule has 29 heavy (non-hydrogen) atoms. The first-order chi connectivity index (χ1) is 14.1. The first kappa shape index (κ1) is 19.7. The zero-order chi connectivity index (χ0) is 20.2. The Morgan fingerprint density at radius 2 is 1.97 bits per heavy atom. The van der Waals surface area contributed by atoms with E-state index >= 15 is 0 Å². The maximum Gasteiger partial charge on any atom is 0.211 e. The SMILES string of the molecule is CCOc1ccc(N=c2scc(-c3ccc(Cl)s3)n2/N=C\c2ccc(C)o2)cc1. The molecule has 3 heterocycles. The van der Waals surface area contributed by atoms with Gasteiger partial charge in [-0.15, -0.1) is 22.7 Å². The average molecular weight is 444 g/mol. The molecule has 0 atom stereocenters. The van der Waals surface area contributed by atoms with E-state index in [9.17, 15) is 0 Å². The molecule has 4 rings (SSSR count). The Morgan fingerprint density at radius 3 is 2.62 bits per heavy atom. The fraction of sp³-hybridized carbons (Fsp3) is 0.143. The van der Waals surface area contributed by atoms with Gasteiger partial charge in [-0.05, 0) is 62.4 Å². The second-order valence-corrected chi connectivity index (χ2v) is 8.60. The molecule has 0 bridgehead atoms. The number of aryl methyl sites for hydroxylation is 1. The third kappa shape index (κ3) is 4.70. The number of hydrogen-bond donors (Lipinski definition) is 0. The monoisotopic (exact) mass is 443 g/mol. The van der Waals surface area contributed by atoms with E-state index in [1.165, 1.54) is 22.7 Å². The Hall–Kier alpha value is -2.61.